The van der Waals surface area contributed by atoms with Crippen molar-refractivity contribution in [1.29, 1.82) is 5.26 Å². The van der Waals surface area contributed by atoms with Gasteiger partial charge < -0.3 is 10.1 Å². The number of ether oxygens (including phenoxy) is 1. The summed E-state index contributed by atoms with van der Waals surface area (Å²) in [7, 11) is 0. The Labute approximate surface area is 130 Å². The van der Waals surface area contributed by atoms with Crippen LogP contribution in [-0.4, -0.2) is 18.2 Å². The SMILES string of the molecule is CC(C)(C)OC(=O)NCCC#Cc1cc(C#N)ccc1Cl. The molecule has 1 amide bonds. The standard InChI is InChI=1S/C16H17ClN2O2/c1-16(2,3)21-15(20)19-9-5-4-6-13-10-12(11-18)7-8-14(13)17/h7-8,10H,5,9H2,1-3H3,(H,19,20). The molecule has 21 heavy (non-hydrogen) atoms. The normalized spacial score (nSPS) is 10.0. The monoisotopic (exact) mass is 304 g/mol. The number of rotatable bonds is 2. The van der Waals surface area contributed by atoms with Crippen LogP contribution in [0.3, 0.4) is 0 Å². The molecule has 0 saturated carbocycles. The molecule has 0 fully saturated rings. The number of carbonyl (C=O) groups is 1. The first-order valence-electron chi connectivity index (χ1n) is 6.47. The quantitative estimate of drug-likeness (QED) is 0.672. The van der Waals surface area contributed by atoms with Gasteiger partial charge in [0.2, 0.25) is 0 Å². The van der Waals surface area contributed by atoms with E-state index in [1.54, 1.807) is 39.0 Å². The maximum atomic E-state index is 11.4. The van der Waals surface area contributed by atoms with Crippen molar-refractivity contribution >= 4 is 17.7 Å². The molecule has 0 aliphatic heterocycles. The number of hydrogen-bond acceptors (Lipinski definition) is 3. The summed E-state index contributed by atoms with van der Waals surface area (Å²) in [6, 6.07) is 6.95. The number of hydrogen-bond donors (Lipinski definition) is 1. The van der Waals surface area contributed by atoms with Crippen molar-refractivity contribution in [3.63, 3.8) is 0 Å². The lowest BCUT2D eigenvalue weighted by Gasteiger charge is -2.19. The number of benzene rings is 1. The zero-order valence-electron chi connectivity index (χ0n) is 12.3. The topological polar surface area (TPSA) is 62.1 Å². The number of nitriles is 1. The van der Waals surface area contributed by atoms with E-state index in [0.717, 1.165) is 0 Å². The molecule has 1 N–H and O–H groups in total. The Kier molecular flexibility index (Phi) is 6.09. The average Bonchev–Trinajstić information content (AvgIpc) is 2.38. The summed E-state index contributed by atoms with van der Waals surface area (Å²) < 4.78 is 5.10. The Bertz CT molecular complexity index is 616. The van der Waals surface area contributed by atoms with Crippen molar-refractivity contribution in [3.05, 3.63) is 34.3 Å². The summed E-state index contributed by atoms with van der Waals surface area (Å²) in [5, 5.41) is 11.9. The van der Waals surface area contributed by atoms with Gasteiger partial charge >= 0.3 is 6.09 Å². The first kappa shape index (κ1) is 16.9. The third-order valence-corrected chi connectivity index (χ3v) is 2.57. The van der Waals surface area contributed by atoms with Gasteiger partial charge in [0.15, 0.2) is 0 Å². The van der Waals surface area contributed by atoms with E-state index in [4.69, 9.17) is 21.6 Å². The number of alkyl carbamates (subject to hydrolysis) is 1. The molecule has 0 heterocycles. The number of amides is 1. The summed E-state index contributed by atoms with van der Waals surface area (Å²) in [6.07, 6.45) is 0.000571. The fraction of sp³-hybridized carbons (Fsp3) is 0.375. The van der Waals surface area contributed by atoms with Gasteiger partial charge in [0.25, 0.3) is 0 Å². The lowest BCUT2D eigenvalue weighted by atomic mass is 10.1. The molecular weight excluding hydrogens is 288 g/mol. The summed E-state index contributed by atoms with van der Waals surface area (Å²) in [6.45, 7) is 5.79. The minimum Gasteiger partial charge on any atom is -0.444 e. The van der Waals surface area contributed by atoms with Crippen molar-refractivity contribution in [2.45, 2.75) is 32.8 Å². The third kappa shape index (κ3) is 6.70. The summed E-state index contributed by atoms with van der Waals surface area (Å²) in [5.41, 5.74) is 0.602. The minimum atomic E-state index is -0.513. The van der Waals surface area contributed by atoms with Crippen molar-refractivity contribution in [1.82, 2.24) is 5.32 Å². The second-order valence-corrected chi connectivity index (χ2v) is 5.69. The molecule has 5 heteroatoms. The molecule has 0 atom stereocenters. The zero-order valence-corrected chi connectivity index (χ0v) is 13.0. The third-order valence-electron chi connectivity index (χ3n) is 2.24. The van der Waals surface area contributed by atoms with E-state index in [9.17, 15) is 4.79 Å². The zero-order chi connectivity index (χ0) is 15.9. The predicted molar refractivity (Wildman–Crippen MR) is 81.9 cm³/mol. The van der Waals surface area contributed by atoms with E-state index in [2.05, 4.69) is 17.2 Å². The van der Waals surface area contributed by atoms with Gasteiger partial charge in [0, 0.05) is 18.5 Å². The van der Waals surface area contributed by atoms with Crippen LogP contribution in [0.5, 0.6) is 0 Å². The van der Waals surface area contributed by atoms with Gasteiger partial charge in [-0.3, -0.25) is 0 Å². The van der Waals surface area contributed by atoms with Crippen LogP contribution in [0.25, 0.3) is 0 Å². The average molecular weight is 305 g/mol. The van der Waals surface area contributed by atoms with Gasteiger partial charge in [-0.1, -0.05) is 23.4 Å². The largest absolute Gasteiger partial charge is 0.444 e. The van der Waals surface area contributed by atoms with Crippen molar-refractivity contribution in [2.24, 2.45) is 0 Å². The Morgan fingerprint density at radius 2 is 2.14 bits per heavy atom. The highest BCUT2D eigenvalue weighted by Gasteiger charge is 2.15. The highest BCUT2D eigenvalue weighted by atomic mass is 35.5. The van der Waals surface area contributed by atoms with Crippen LogP contribution in [0.15, 0.2) is 18.2 Å². The molecule has 4 nitrogen and oxygen atoms in total. The Hall–Kier alpha value is -2.17. The summed E-state index contributed by atoms with van der Waals surface area (Å²) in [4.78, 5) is 11.4. The summed E-state index contributed by atoms with van der Waals surface area (Å²) >= 11 is 5.99. The molecular formula is C16H17ClN2O2. The Balaban J connectivity index is 2.48. The van der Waals surface area contributed by atoms with Crippen LogP contribution in [-0.2, 0) is 4.74 Å². The van der Waals surface area contributed by atoms with Gasteiger partial charge in [-0.15, -0.1) is 0 Å². The predicted octanol–water partition coefficient (Wildman–Crippen LogP) is 3.48. The molecule has 0 spiro atoms. The maximum absolute atomic E-state index is 11.4. The highest BCUT2D eigenvalue weighted by Crippen LogP contribution is 2.16. The molecule has 0 aliphatic carbocycles. The summed E-state index contributed by atoms with van der Waals surface area (Å²) in [5.74, 6) is 5.78. The van der Waals surface area contributed by atoms with Crippen molar-refractivity contribution in [3.8, 4) is 17.9 Å². The Morgan fingerprint density at radius 3 is 2.76 bits per heavy atom. The first-order chi connectivity index (χ1) is 9.81. The molecule has 0 bridgehead atoms. The number of nitrogens with zero attached hydrogens (tertiary/aromatic N) is 1. The van der Waals surface area contributed by atoms with E-state index < -0.39 is 11.7 Å². The fourth-order valence-electron chi connectivity index (χ4n) is 1.39. The molecule has 110 valence electrons. The van der Waals surface area contributed by atoms with Gasteiger partial charge in [-0.2, -0.15) is 5.26 Å². The van der Waals surface area contributed by atoms with E-state index in [0.29, 0.717) is 29.1 Å². The molecule has 1 rings (SSSR count). The molecule has 0 saturated heterocycles. The Morgan fingerprint density at radius 1 is 1.43 bits per heavy atom. The lowest BCUT2D eigenvalue weighted by Crippen LogP contribution is -2.32. The van der Waals surface area contributed by atoms with Crippen LogP contribution in [0.2, 0.25) is 5.02 Å². The van der Waals surface area contributed by atoms with Crippen LogP contribution in [0, 0.1) is 23.2 Å². The van der Waals surface area contributed by atoms with Gasteiger partial charge in [0.1, 0.15) is 5.60 Å². The van der Waals surface area contributed by atoms with Gasteiger partial charge in [-0.05, 0) is 39.0 Å². The first-order valence-corrected chi connectivity index (χ1v) is 6.85. The number of nitrogens with one attached hydrogen (secondary N) is 1. The van der Waals surface area contributed by atoms with E-state index >= 15 is 0 Å². The van der Waals surface area contributed by atoms with Crippen LogP contribution in [0.4, 0.5) is 4.79 Å². The van der Waals surface area contributed by atoms with Crippen LogP contribution in [0.1, 0.15) is 38.3 Å². The second-order valence-electron chi connectivity index (χ2n) is 5.29. The molecule has 0 unspecified atom stereocenters. The van der Waals surface area contributed by atoms with Crippen molar-refractivity contribution < 1.29 is 9.53 Å². The maximum Gasteiger partial charge on any atom is 0.407 e. The van der Waals surface area contributed by atoms with Gasteiger partial charge in [0.05, 0.1) is 16.7 Å². The van der Waals surface area contributed by atoms with Gasteiger partial charge in [-0.25, -0.2) is 4.79 Å². The fourth-order valence-corrected chi connectivity index (χ4v) is 1.55. The number of halogens is 1. The van der Waals surface area contributed by atoms with Crippen LogP contribution >= 0.6 is 11.6 Å². The van der Waals surface area contributed by atoms with E-state index in [1.807, 2.05) is 6.07 Å². The van der Waals surface area contributed by atoms with E-state index in [1.165, 1.54) is 0 Å². The highest BCUT2D eigenvalue weighted by molar-refractivity contribution is 6.31. The molecule has 0 aliphatic rings. The number of carbonyl (C=O) groups excluding carboxylic acids is 1. The lowest BCUT2D eigenvalue weighted by molar-refractivity contribution is 0.0529. The van der Waals surface area contributed by atoms with E-state index in [-0.39, 0.29) is 0 Å². The molecule has 1 aromatic rings. The minimum absolute atomic E-state index is 0.386. The molecule has 1 aromatic carbocycles. The van der Waals surface area contributed by atoms with Crippen LogP contribution < -0.4 is 5.32 Å². The molecule has 0 radical (unpaired) electrons. The van der Waals surface area contributed by atoms with Crippen molar-refractivity contribution in [2.75, 3.05) is 6.54 Å². The molecule has 0 aromatic heterocycles. The second kappa shape index (κ2) is 7.57. The smallest absolute Gasteiger partial charge is 0.407 e.